The molecular formula is C27H34ClN9S2. The number of hydrogen-bond donors (Lipinski definition) is 3. The van der Waals surface area contributed by atoms with Crippen molar-refractivity contribution in [3.05, 3.63) is 60.7 Å². The highest BCUT2D eigenvalue weighted by Crippen LogP contribution is 2.42. The van der Waals surface area contributed by atoms with E-state index in [0.29, 0.717) is 5.02 Å². The van der Waals surface area contributed by atoms with Crippen LogP contribution in [0.25, 0.3) is 11.2 Å². The summed E-state index contributed by atoms with van der Waals surface area (Å²) in [6.45, 7) is 9.04. The molecule has 0 aromatic carbocycles. The van der Waals surface area contributed by atoms with Crippen molar-refractivity contribution in [2.45, 2.75) is 49.6 Å². The fourth-order valence-electron chi connectivity index (χ4n) is 5.13. The Labute approximate surface area is 243 Å². The number of hydrogen-bond acceptors (Lipinski definition) is 9. The summed E-state index contributed by atoms with van der Waals surface area (Å²) in [6.07, 6.45) is 16.6. The van der Waals surface area contributed by atoms with Crippen LogP contribution in [0.4, 0.5) is 5.82 Å². The molecule has 4 aromatic heterocycles. The van der Waals surface area contributed by atoms with Crippen LogP contribution < -0.4 is 15.4 Å². The summed E-state index contributed by atoms with van der Waals surface area (Å²) in [5.74, 6) is 1.77. The van der Waals surface area contributed by atoms with E-state index in [2.05, 4.69) is 57.6 Å². The number of fused-ring (bicyclic) bond motifs is 2. The van der Waals surface area contributed by atoms with Crippen LogP contribution in [0, 0.1) is 11.3 Å². The highest BCUT2D eigenvalue weighted by molar-refractivity contribution is 7.99. The van der Waals surface area contributed by atoms with E-state index >= 15 is 0 Å². The number of anilines is 1. The van der Waals surface area contributed by atoms with Gasteiger partial charge < -0.3 is 15.0 Å². The minimum Gasteiger partial charge on any atom is -0.405 e. The molecule has 4 aromatic rings. The van der Waals surface area contributed by atoms with Crippen LogP contribution in [0.5, 0.6) is 0 Å². The minimum absolute atomic E-state index is 0.0433. The lowest BCUT2D eigenvalue weighted by Gasteiger charge is -2.43. The van der Waals surface area contributed by atoms with Gasteiger partial charge in [0.25, 0.3) is 0 Å². The number of nitrogens with two attached hydrogens (primary N) is 1. The van der Waals surface area contributed by atoms with Crippen molar-refractivity contribution in [1.29, 1.82) is 0 Å². The van der Waals surface area contributed by atoms with Crippen LogP contribution in [0.2, 0.25) is 5.02 Å². The van der Waals surface area contributed by atoms with E-state index in [0.717, 1.165) is 71.0 Å². The van der Waals surface area contributed by atoms with E-state index in [1.54, 1.807) is 24.2 Å². The number of halogens is 1. The van der Waals surface area contributed by atoms with Gasteiger partial charge in [0.15, 0.2) is 11.5 Å². The minimum atomic E-state index is 0.0433. The van der Waals surface area contributed by atoms with Gasteiger partial charge in [0.1, 0.15) is 16.9 Å². The summed E-state index contributed by atoms with van der Waals surface area (Å²) >= 11 is 12.6. The van der Waals surface area contributed by atoms with Crippen molar-refractivity contribution in [2.75, 3.05) is 24.5 Å². The second-order valence-corrected chi connectivity index (χ2v) is 12.3. The molecule has 0 aliphatic carbocycles. The lowest BCUT2D eigenvalue weighted by Crippen LogP contribution is -2.51. The molecule has 1 spiro atoms. The summed E-state index contributed by atoms with van der Waals surface area (Å²) in [4.78, 5) is 21.7. The van der Waals surface area contributed by atoms with Gasteiger partial charge in [-0.25, -0.2) is 15.0 Å². The standard InChI is InChI=1S/C23H24ClN9S2.C4H10/c24-19-17(2-7-31-10-6-27-22(19)31)35-18-12-28-21(16-11-26-14-33(16)18)32-8-3-23(4-9-32)13-29-15(1-5-25)20(23)30-34;1-4(2)3/h1-2,5-7,10-12,14,20,30,34H,3-4,8-9,13,25H2;4H,1-3H3/b5-1-;. The first-order chi connectivity index (χ1) is 18.9. The van der Waals surface area contributed by atoms with Gasteiger partial charge in [0.2, 0.25) is 0 Å². The average molecular weight is 584 g/mol. The Morgan fingerprint density at radius 2 is 1.97 bits per heavy atom. The van der Waals surface area contributed by atoms with E-state index in [-0.39, 0.29) is 11.5 Å². The molecule has 3 N–H and O–H groups in total. The fraction of sp³-hybridized carbons (Fsp3) is 0.407. The number of aliphatic imine (C=N–C) groups is 1. The smallest absolute Gasteiger partial charge is 0.156 e. The number of nitrogens with zero attached hydrogens (tertiary/aromatic N) is 7. The van der Waals surface area contributed by atoms with Gasteiger partial charge >= 0.3 is 0 Å². The maximum Gasteiger partial charge on any atom is 0.156 e. The molecule has 1 unspecified atom stereocenters. The first-order valence-electron chi connectivity index (χ1n) is 13.0. The molecule has 1 fully saturated rings. The third-order valence-corrected chi connectivity index (χ3v) is 8.84. The maximum absolute atomic E-state index is 6.64. The van der Waals surface area contributed by atoms with Crippen molar-refractivity contribution in [2.24, 2.45) is 22.1 Å². The van der Waals surface area contributed by atoms with Crippen LogP contribution in [0.15, 0.2) is 70.6 Å². The fourth-order valence-corrected chi connectivity index (χ4v) is 6.75. The van der Waals surface area contributed by atoms with Gasteiger partial charge in [-0.15, -0.1) is 0 Å². The van der Waals surface area contributed by atoms with Crippen molar-refractivity contribution in [1.82, 2.24) is 28.5 Å². The molecule has 206 valence electrons. The average Bonchev–Trinajstić information content (AvgIpc) is 3.66. The molecule has 1 atom stereocenters. The number of thiol groups is 1. The number of rotatable bonds is 5. The van der Waals surface area contributed by atoms with Crippen LogP contribution >= 0.6 is 36.2 Å². The Morgan fingerprint density at radius 3 is 2.69 bits per heavy atom. The van der Waals surface area contributed by atoms with E-state index in [4.69, 9.17) is 27.3 Å². The maximum atomic E-state index is 6.64. The van der Waals surface area contributed by atoms with Crippen LogP contribution in [0.3, 0.4) is 0 Å². The molecule has 6 heterocycles. The first-order valence-corrected chi connectivity index (χ1v) is 14.7. The highest BCUT2D eigenvalue weighted by Gasteiger charge is 2.46. The second kappa shape index (κ2) is 11.8. The van der Waals surface area contributed by atoms with Gasteiger partial charge in [-0.3, -0.25) is 14.1 Å². The molecule has 39 heavy (non-hydrogen) atoms. The molecule has 12 heteroatoms. The number of pyridine rings is 1. The Bertz CT molecular complexity index is 1500. The van der Waals surface area contributed by atoms with Gasteiger partial charge in [0.05, 0.1) is 29.2 Å². The van der Waals surface area contributed by atoms with Crippen molar-refractivity contribution in [3.63, 3.8) is 0 Å². The van der Waals surface area contributed by atoms with E-state index in [9.17, 15) is 0 Å². The van der Waals surface area contributed by atoms with Crippen molar-refractivity contribution >= 4 is 58.9 Å². The normalized spacial score (nSPS) is 18.9. The molecule has 0 radical (unpaired) electrons. The summed E-state index contributed by atoms with van der Waals surface area (Å²) in [6, 6.07) is 2.08. The lowest BCUT2D eigenvalue weighted by molar-refractivity contribution is 0.221. The number of aromatic nitrogens is 5. The first kappa shape index (κ1) is 27.8. The molecule has 0 bridgehead atoms. The molecule has 2 aliphatic rings. The molecule has 0 saturated carbocycles. The predicted octanol–water partition coefficient (Wildman–Crippen LogP) is 5.16. The predicted molar refractivity (Wildman–Crippen MR) is 163 cm³/mol. The van der Waals surface area contributed by atoms with Gasteiger partial charge in [-0.2, -0.15) is 0 Å². The number of piperidine rings is 1. The molecule has 1 saturated heterocycles. The molecule has 9 nitrogen and oxygen atoms in total. The third-order valence-electron chi connectivity index (χ3n) is 7.02. The van der Waals surface area contributed by atoms with Gasteiger partial charge in [-0.05, 0) is 37.1 Å². The molecule has 6 rings (SSSR count). The van der Waals surface area contributed by atoms with Crippen molar-refractivity contribution < 1.29 is 0 Å². The summed E-state index contributed by atoms with van der Waals surface area (Å²) in [7, 11) is 0. The van der Waals surface area contributed by atoms with Crippen LogP contribution in [-0.4, -0.2) is 55.1 Å². The molecular weight excluding hydrogens is 550 g/mol. The Kier molecular flexibility index (Phi) is 8.41. The quantitative estimate of drug-likeness (QED) is 0.279. The number of imidazole rings is 2. The zero-order valence-corrected chi connectivity index (χ0v) is 24.8. The van der Waals surface area contributed by atoms with E-state index in [1.807, 2.05) is 47.7 Å². The largest absolute Gasteiger partial charge is 0.405 e. The summed E-state index contributed by atoms with van der Waals surface area (Å²) < 4.78 is 7.15. The molecule has 2 aliphatic heterocycles. The van der Waals surface area contributed by atoms with Crippen LogP contribution in [0.1, 0.15) is 33.6 Å². The third kappa shape index (κ3) is 5.50. The zero-order valence-electron chi connectivity index (χ0n) is 22.3. The second-order valence-electron chi connectivity index (χ2n) is 10.6. The SMILES string of the molecule is CC(C)C.N/C=C\C1=NCC2(CCN(c3ncc(Sc4ccn5ccnc5c4Cl)n4cncc34)CC2)C1NS. The van der Waals surface area contributed by atoms with Crippen molar-refractivity contribution in [3.8, 4) is 0 Å². The summed E-state index contributed by atoms with van der Waals surface area (Å²) in [5, 5.41) is 1.56. The topological polar surface area (TPSA) is 101 Å². The van der Waals surface area contributed by atoms with Gasteiger partial charge in [0, 0.05) is 48.5 Å². The Balaban J connectivity index is 0.000000723. The number of nitrogens with one attached hydrogen (secondary N) is 1. The monoisotopic (exact) mass is 583 g/mol. The van der Waals surface area contributed by atoms with E-state index < -0.39 is 0 Å². The molecule has 0 amide bonds. The zero-order chi connectivity index (χ0) is 27.6. The highest BCUT2D eigenvalue weighted by atomic mass is 35.5. The van der Waals surface area contributed by atoms with E-state index in [1.165, 1.54) is 0 Å². The Hall–Kier alpha value is -2.73. The lowest BCUT2D eigenvalue weighted by atomic mass is 9.73. The summed E-state index contributed by atoms with van der Waals surface area (Å²) in [5.41, 5.74) is 8.35. The Morgan fingerprint density at radius 1 is 1.21 bits per heavy atom. The van der Waals surface area contributed by atoms with Gasteiger partial charge in [-0.1, -0.05) is 56.9 Å². The van der Waals surface area contributed by atoms with Crippen LogP contribution in [-0.2, 0) is 0 Å².